The number of amides is 1. The predicted octanol–water partition coefficient (Wildman–Crippen LogP) is 4.54. The molecule has 1 aliphatic rings. The number of carbonyl (C=O) groups is 1. The average molecular weight is 392 g/mol. The fraction of sp³-hybridized carbons (Fsp3) is 0.417. The van der Waals surface area contributed by atoms with E-state index in [4.69, 9.17) is 9.72 Å². The minimum absolute atomic E-state index is 0.158. The number of carbonyl (C=O) groups excluding carboxylic acids is 1. The van der Waals surface area contributed by atoms with E-state index in [9.17, 15) is 4.79 Å². The zero-order chi connectivity index (χ0) is 20.2. The zero-order valence-corrected chi connectivity index (χ0v) is 17.3. The second-order valence-electron chi connectivity index (χ2n) is 7.98. The van der Waals surface area contributed by atoms with Gasteiger partial charge in [-0.15, -0.1) is 0 Å². The number of nitrogens with zero attached hydrogens (tertiary/aromatic N) is 2. The highest BCUT2D eigenvalue weighted by Crippen LogP contribution is 2.29. The number of aryl methyl sites for hydroxylation is 3. The molecule has 1 N–H and O–H groups in total. The van der Waals surface area contributed by atoms with Crippen molar-refractivity contribution in [3.05, 3.63) is 59.4 Å². The molecule has 1 aromatic heterocycles. The Kier molecular flexibility index (Phi) is 5.84. The Morgan fingerprint density at radius 1 is 1.17 bits per heavy atom. The highest BCUT2D eigenvalue weighted by atomic mass is 16.5. The minimum atomic E-state index is 0.158. The van der Waals surface area contributed by atoms with E-state index in [1.54, 1.807) is 0 Å². The molecule has 1 aliphatic carbocycles. The molecule has 0 unspecified atom stereocenters. The first-order valence-corrected chi connectivity index (χ1v) is 10.5. The number of hydrogen-bond donors (Lipinski definition) is 1. The first-order chi connectivity index (χ1) is 14.1. The summed E-state index contributed by atoms with van der Waals surface area (Å²) in [6.45, 7) is 6.22. The van der Waals surface area contributed by atoms with Gasteiger partial charge < -0.3 is 14.6 Å². The molecule has 5 nitrogen and oxygen atoms in total. The topological polar surface area (TPSA) is 56.1 Å². The van der Waals surface area contributed by atoms with Crippen molar-refractivity contribution in [2.24, 2.45) is 5.92 Å². The molecule has 4 rings (SSSR count). The lowest BCUT2D eigenvalue weighted by Gasteiger charge is -2.12. The van der Waals surface area contributed by atoms with Crippen molar-refractivity contribution in [2.45, 2.75) is 52.6 Å². The molecule has 29 heavy (non-hydrogen) atoms. The SMILES string of the molecule is Cc1ccc(C)c(OCCCCn2c(CNC(=O)C3CC3)nc3ccccc32)c1. The maximum Gasteiger partial charge on any atom is 0.223 e. The monoisotopic (exact) mass is 391 g/mol. The largest absolute Gasteiger partial charge is 0.493 e. The number of fused-ring (bicyclic) bond motifs is 1. The lowest BCUT2D eigenvalue weighted by Crippen LogP contribution is -2.26. The van der Waals surface area contributed by atoms with E-state index in [2.05, 4.69) is 48.0 Å². The van der Waals surface area contributed by atoms with Gasteiger partial charge in [-0.25, -0.2) is 4.98 Å². The second-order valence-corrected chi connectivity index (χ2v) is 7.98. The number of imidazole rings is 1. The highest BCUT2D eigenvalue weighted by Gasteiger charge is 2.29. The summed E-state index contributed by atoms with van der Waals surface area (Å²) in [5.74, 6) is 2.28. The van der Waals surface area contributed by atoms with E-state index in [1.165, 1.54) is 11.1 Å². The third kappa shape index (κ3) is 4.78. The molecule has 3 aromatic rings. The minimum Gasteiger partial charge on any atom is -0.493 e. The van der Waals surface area contributed by atoms with E-state index in [1.807, 2.05) is 18.2 Å². The van der Waals surface area contributed by atoms with Crippen LogP contribution in [0.5, 0.6) is 5.75 Å². The summed E-state index contributed by atoms with van der Waals surface area (Å²) in [7, 11) is 0. The summed E-state index contributed by atoms with van der Waals surface area (Å²) in [6, 6.07) is 14.5. The number of benzene rings is 2. The Labute approximate surface area is 172 Å². The molecule has 0 radical (unpaired) electrons. The Morgan fingerprint density at radius 3 is 2.83 bits per heavy atom. The molecule has 0 bridgehead atoms. The lowest BCUT2D eigenvalue weighted by atomic mass is 10.1. The molecule has 0 aliphatic heterocycles. The highest BCUT2D eigenvalue weighted by molar-refractivity contribution is 5.81. The van der Waals surface area contributed by atoms with Gasteiger partial charge in [0, 0.05) is 12.5 Å². The van der Waals surface area contributed by atoms with E-state index < -0.39 is 0 Å². The standard InChI is InChI=1S/C24H29N3O2/c1-17-9-10-18(2)22(15-17)29-14-6-5-13-27-21-8-4-3-7-20(21)26-23(27)16-25-24(28)19-11-12-19/h3-4,7-10,15,19H,5-6,11-14,16H2,1-2H3,(H,25,28). The van der Waals surface area contributed by atoms with Gasteiger partial charge in [0.1, 0.15) is 11.6 Å². The molecule has 1 heterocycles. The molecular formula is C24H29N3O2. The molecular weight excluding hydrogens is 362 g/mol. The summed E-state index contributed by atoms with van der Waals surface area (Å²) in [4.78, 5) is 16.8. The van der Waals surface area contributed by atoms with E-state index in [0.29, 0.717) is 13.2 Å². The van der Waals surface area contributed by atoms with Gasteiger partial charge >= 0.3 is 0 Å². The van der Waals surface area contributed by atoms with Gasteiger partial charge in [-0.05, 0) is 68.9 Å². The zero-order valence-electron chi connectivity index (χ0n) is 17.3. The maximum atomic E-state index is 12.0. The number of para-hydroxylation sites is 2. The van der Waals surface area contributed by atoms with Crippen LogP contribution >= 0.6 is 0 Å². The summed E-state index contributed by atoms with van der Waals surface area (Å²) in [5, 5.41) is 3.05. The van der Waals surface area contributed by atoms with Crippen LogP contribution in [0.2, 0.25) is 0 Å². The Morgan fingerprint density at radius 2 is 2.00 bits per heavy atom. The Balaban J connectivity index is 1.35. The number of ether oxygens (including phenoxy) is 1. The van der Waals surface area contributed by atoms with Crippen molar-refractivity contribution in [3.63, 3.8) is 0 Å². The van der Waals surface area contributed by atoms with Gasteiger partial charge in [0.15, 0.2) is 0 Å². The van der Waals surface area contributed by atoms with Gasteiger partial charge in [0.25, 0.3) is 0 Å². The van der Waals surface area contributed by atoms with E-state index in [0.717, 1.165) is 54.8 Å². The van der Waals surface area contributed by atoms with Crippen LogP contribution in [0.25, 0.3) is 11.0 Å². The summed E-state index contributed by atoms with van der Waals surface area (Å²) in [5.41, 5.74) is 4.49. The number of hydrogen-bond acceptors (Lipinski definition) is 3. The van der Waals surface area contributed by atoms with Gasteiger partial charge in [0.2, 0.25) is 5.91 Å². The number of unbranched alkanes of at least 4 members (excludes halogenated alkanes) is 1. The van der Waals surface area contributed by atoms with Crippen LogP contribution in [0.15, 0.2) is 42.5 Å². The second kappa shape index (κ2) is 8.68. The van der Waals surface area contributed by atoms with Crippen LogP contribution in [0.3, 0.4) is 0 Å². The van der Waals surface area contributed by atoms with Crippen LogP contribution < -0.4 is 10.1 Å². The molecule has 2 aromatic carbocycles. The van der Waals surface area contributed by atoms with Crippen molar-refractivity contribution < 1.29 is 9.53 Å². The maximum absolute atomic E-state index is 12.0. The van der Waals surface area contributed by atoms with Gasteiger partial charge in [-0.1, -0.05) is 24.3 Å². The van der Waals surface area contributed by atoms with Gasteiger partial charge in [-0.2, -0.15) is 0 Å². The Hall–Kier alpha value is -2.82. The molecule has 1 amide bonds. The third-order valence-corrected chi connectivity index (χ3v) is 5.48. The van der Waals surface area contributed by atoms with Crippen molar-refractivity contribution >= 4 is 16.9 Å². The van der Waals surface area contributed by atoms with Crippen molar-refractivity contribution in [2.75, 3.05) is 6.61 Å². The molecule has 1 saturated carbocycles. The molecule has 0 atom stereocenters. The van der Waals surface area contributed by atoms with Crippen LogP contribution in [-0.2, 0) is 17.9 Å². The lowest BCUT2D eigenvalue weighted by molar-refractivity contribution is -0.122. The number of nitrogens with one attached hydrogen (secondary N) is 1. The summed E-state index contributed by atoms with van der Waals surface area (Å²) in [6.07, 6.45) is 3.99. The van der Waals surface area contributed by atoms with Crippen LogP contribution in [0.4, 0.5) is 0 Å². The van der Waals surface area contributed by atoms with E-state index in [-0.39, 0.29) is 11.8 Å². The van der Waals surface area contributed by atoms with Crippen molar-refractivity contribution in [3.8, 4) is 5.75 Å². The van der Waals surface area contributed by atoms with Crippen molar-refractivity contribution in [1.29, 1.82) is 0 Å². The molecule has 0 saturated heterocycles. The smallest absolute Gasteiger partial charge is 0.223 e. The Bertz CT molecular complexity index is 1000. The van der Waals surface area contributed by atoms with Crippen molar-refractivity contribution in [1.82, 2.24) is 14.9 Å². The molecule has 1 fully saturated rings. The quantitative estimate of drug-likeness (QED) is 0.545. The van der Waals surface area contributed by atoms with Crippen LogP contribution in [0, 0.1) is 19.8 Å². The summed E-state index contributed by atoms with van der Waals surface area (Å²) < 4.78 is 8.22. The molecule has 152 valence electrons. The average Bonchev–Trinajstić information content (AvgIpc) is 3.51. The fourth-order valence-corrected chi connectivity index (χ4v) is 3.58. The van der Waals surface area contributed by atoms with Gasteiger partial charge in [-0.3, -0.25) is 4.79 Å². The number of aromatic nitrogens is 2. The van der Waals surface area contributed by atoms with E-state index >= 15 is 0 Å². The number of rotatable bonds is 9. The first-order valence-electron chi connectivity index (χ1n) is 10.5. The molecule has 5 heteroatoms. The van der Waals surface area contributed by atoms with Gasteiger partial charge in [0.05, 0.1) is 24.2 Å². The first kappa shape index (κ1) is 19.5. The normalized spacial score (nSPS) is 13.6. The summed E-state index contributed by atoms with van der Waals surface area (Å²) >= 11 is 0. The van der Waals surface area contributed by atoms with Crippen LogP contribution in [0.1, 0.15) is 42.6 Å². The molecule has 0 spiro atoms. The van der Waals surface area contributed by atoms with Crippen LogP contribution in [-0.4, -0.2) is 22.1 Å². The predicted molar refractivity (Wildman–Crippen MR) is 115 cm³/mol. The third-order valence-electron chi connectivity index (χ3n) is 5.48. The fourth-order valence-electron chi connectivity index (χ4n) is 3.58.